The van der Waals surface area contributed by atoms with Crippen LogP contribution in [0.25, 0.3) is 0 Å². The van der Waals surface area contributed by atoms with Crippen LogP contribution in [0.1, 0.15) is 348 Å². The molecule has 2 atom stereocenters. The third kappa shape index (κ3) is 59.1. The van der Waals surface area contributed by atoms with Crippen molar-refractivity contribution in [3.05, 3.63) is 48.6 Å². The van der Waals surface area contributed by atoms with Crippen LogP contribution in [0.15, 0.2) is 48.6 Å². The predicted octanol–water partition coefficient (Wildman–Crippen LogP) is 20.9. The van der Waals surface area contributed by atoms with Gasteiger partial charge in [-0.3, -0.25) is 9.59 Å². The summed E-state index contributed by atoms with van der Waals surface area (Å²) in [4.78, 5) is 24.5. The number of aliphatic hydroxyl groups excluding tert-OH is 2. The lowest BCUT2D eigenvalue weighted by molar-refractivity contribution is -0.143. The molecule has 0 saturated carbocycles. The smallest absolute Gasteiger partial charge is 0.305 e. The Kier molecular flexibility index (Phi) is 61.5. The number of ether oxygens (including phenoxy) is 1. The van der Waals surface area contributed by atoms with Gasteiger partial charge in [-0.25, -0.2) is 0 Å². The van der Waals surface area contributed by atoms with Gasteiger partial charge >= 0.3 is 5.97 Å². The van der Waals surface area contributed by atoms with E-state index in [-0.39, 0.29) is 18.5 Å². The minimum atomic E-state index is -0.843. The summed E-state index contributed by atoms with van der Waals surface area (Å²) in [6.45, 7) is 4.87. The average Bonchev–Trinajstić information content (AvgIpc) is 3.40. The third-order valence-electron chi connectivity index (χ3n) is 15.1. The van der Waals surface area contributed by atoms with Crippen LogP contribution in [-0.2, 0) is 14.3 Å². The molecule has 0 rings (SSSR count). The highest BCUT2D eigenvalue weighted by Crippen LogP contribution is 2.17. The number of unbranched alkanes of at least 4 members (excludes halogenated alkanes) is 44. The number of hydrogen-bond donors (Lipinski definition) is 3. The van der Waals surface area contributed by atoms with E-state index >= 15 is 0 Å². The molecule has 0 radical (unpaired) electrons. The minimum Gasteiger partial charge on any atom is -0.466 e. The molecule has 0 aliphatic heterocycles. The van der Waals surface area contributed by atoms with Crippen LogP contribution >= 0.6 is 0 Å². The second-order valence-corrected chi connectivity index (χ2v) is 22.4. The second kappa shape index (κ2) is 63.4. The van der Waals surface area contributed by atoms with Crippen molar-refractivity contribution in [2.75, 3.05) is 13.2 Å². The molecule has 2 unspecified atom stereocenters. The van der Waals surface area contributed by atoms with Crippen molar-refractivity contribution >= 4 is 11.9 Å². The first kappa shape index (κ1) is 71.8. The first-order valence-corrected chi connectivity index (χ1v) is 32.9. The molecule has 0 fully saturated rings. The summed E-state index contributed by atoms with van der Waals surface area (Å²) in [6, 6.07) is -0.626. The molecule has 6 nitrogen and oxygen atoms in total. The Morgan fingerprint density at radius 2 is 0.676 bits per heavy atom. The zero-order valence-electron chi connectivity index (χ0n) is 49.6. The number of esters is 1. The normalized spacial score (nSPS) is 12.9. The Balaban J connectivity index is 3.36. The lowest BCUT2D eigenvalue weighted by Gasteiger charge is -2.20. The van der Waals surface area contributed by atoms with Crippen LogP contribution in [0.2, 0.25) is 0 Å². The molecule has 0 aliphatic rings. The monoisotopic (exact) mass is 1040 g/mol. The van der Waals surface area contributed by atoms with E-state index in [1.807, 2.05) is 6.08 Å². The van der Waals surface area contributed by atoms with Crippen LogP contribution < -0.4 is 5.32 Å². The molecule has 0 spiro atoms. The number of carbonyl (C=O) groups is 2. The number of carbonyl (C=O) groups excluding carboxylic acids is 2. The highest BCUT2D eigenvalue weighted by atomic mass is 16.5. The van der Waals surface area contributed by atoms with Crippen molar-refractivity contribution in [1.29, 1.82) is 0 Å². The van der Waals surface area contributed by atoms with E-state index in [9.17, 15) is 19.8 Å². The summed E-state index contributed by atoms with van der Waals surface area (Å²) >= 11 is 0. The number of rotatable bonds is 61. The van der Waals surface area contributed by atoms with Crippen molar-refractivity contribution in [3.63, 3.8) is 0 Å². The van der Waals surface area contributed by atoms with Gasteiger partial charge in [-0.15, -0.1) is 0 Å². The maximum absolute atomic E-state index is 12.4. The standard InChI is InChI=1S/C68H127NO5/c1-3-5-7-9-11-13-15-16-17-18-29-33-36-39-42-46-50-54-58-62-68(73)74-63-59-55-51-47-43-40-37-34-31-28-26-24-22-20-19-21-23-25-27-30-32-35-38-41-45-49-53-57-61-67(72)69-65(64-70)66(71)60-56-52-48-44-14-12-10-8-6-4-2/h11,13,16-17,19-20,56,60,65-66,70-71H,3-10,12,14-15,18,21-55,57-59,61-64H2,1-2H3,(H,69,72)/b13-11-,17-16-,20-19-,60-56+. The number of allylic oxidation sites excluding steroid dienone is 7. The number of amides is 1. The van der Waals surface area contributed by atoms with Gasteiger partial charge in [-0.1, -0.05) is 294 Å². The first-order valence-electron chi connectivity index (χ1n) is 32.9. The summed E-state index contributed by atoms with van der Waals surface area (Å²) in [5.74, 6) is -0.0580. The molecule has 0 heterocycles. The molecule has 0 aliphatic carbocycles. The summed E-state index contributed by atoms with van der Waals surface area (Å²) in [7, 11) is 0. The summed E-state index contributed by atoms with van der Waals surface area (Å²) < 4.78 is 5.50. The Hall–Kier alpha value is -2.18. The van der Waals surface area contributed by atoms with E-state index in [0.29, 0.717) is 19.4 Å². The Bertz CT molecular complexity index is 1240. The van der Waals surface area contributed by atoms with Crippen LogP contribution in [0, 0.1) is 0 Å². The van der Waals surface area contributed by atoms with Crippen LogP contribution in [0.5, 0.6) is 0 Å². The summed E-state index contributed by atoms with van der Waals surface area (Å²) in [6.07, 6.45) is 81.8. The molecule has 0 aromatic carbocycles. The van der Waals surface area contributed by atoms with Gasteiger partial charge in [0.05, 0.1) is 25.4 Å². The Morgan fingerprint density at radius 3 is 1.07 bits per heavy atom. The van der Waals surface area contributed by atoms with Crippen molar-refractivity contribution in [2.45, 2.75) is 360 Å². The van der Waals surface area contributed by atoms with Gasteiger partial charge in [0.1, 0.15) is 0 Å². The quantitative estimate of drug-likeness (QED) is 0.0320. The third-order valence-corrected chi connectivity index (χ3v) is 15.1. The van der Waals surface area contributed by atoms with Crippen molar-refractivity contribution in [3.8, 4) is 0 Å². The molecule has 0 saturated heterocycles. The molecule has 3 N–H and O–H groups in total. The van der Waals surface area contributed by atoms with Gasteiger partial charge in [0.2, 0.25) is 5.91 Å². The van der Waals surface area contributed by atoms with E-state index in [1.165, 1.54) is 270 Å². The molecule has 0 bridgehead atoms. The summed E-state index contributed by atoms with van der Waals surface area (Å²) in [5.41, 5.74) is 0. The van der Waals surface area contributed by atoms with Crippen molar-refractivity contribution in [2.24, 2.45) is 0 Å². The van der Waals surface area contributed by atoms with E-state index in [0.717, 1.165) is 51.4 Å². The Labute approximate surface area is 461 Å². The fourth-order valence-corrected chi connectivity index (χ4v) is 10.0. The lowest BCUT2D eigenvalue weighted by Crippen LogP contribution is -2.45. The van der Waals surface area contributed by atoms with Gasteiger partial charge < -0.3 is 20.3 Å². The fraction of sp³-hybridized carbons (Fsp3) is 0.853. The maximum atomic E-state index is 12.4. The highest BCUT2D eigenvalue weighted by Gasteiger charge is 2.18. The van der Waals surface area contributed by atoms with Crippen LogP contribution in [0.4, 0.5) is 0 Å². The second-order valence-electron chi connectivity index (χ2n) is 22.4. The molecule has 434 valence electrons. The molecule has 0 aromatic rings. The van der Waals surface area contributed by atoms with Gasteiger partial charge in [0.15, 0.2) is 0 Å². The maximum Gasteiger partial charge on any atom is 0.305 e. The minimum absolute atomic E-state index is 0.0115. The van der Waals surface area contributed by atoms with E-state index in [1.54, 1.807) is 6.08 Å². The fourth-order valence-electron chi connectivity index (χ4n) is 10.0. The zero-order chi connectivity index (χ0) is 53.6. The zero-order valence-corrected chi connectivity index (χ0v) is 49.6. The van der Waals surface area contributed by atoms with Crippen molar-refractivity contribution < 1.29 is 24.5 Å². The lowest BCUT2D eigenvalue weighted by atomic mass is 10.0. The largest absolute Gasteiger partial charge is 0.466 e. The van der Waals surface area contributed by atoms with Gasteiger partial charge in [0.25, 0.3) is 0 Å². The number of hydrogen-bond acceptors (Lipinski definition) is 5. The highest BCUT2D eigenvalue weighted by molar-refractivity contribution is 5.76. The Morgan fingerprint density at radius 1 is 0.378 bits per heavy atom. The van der Waals surface area contributed by atoms with E-state index in [4.69, 9.17) is 4.74 Å². The SMILES string of the molecule is CCCCC/C=C\C/C=C\CCCCCCCCCCCC(=O)OCCCCCCCCCCCCCC/C=C\CCCCCCCCCCCCCCC(=O)NC(CO)C(O)/C=C/CCCCCCCCCC. The molecule has 1 amide bonds. The topological polar surface area (TPSA) is 95.9 Å². The predicted molar refractivity (Wildman–Crippen MR) is 324 cm³/mol. The van der Waals surface area contributed by atoms with Crippen LogP contribution in [-0.4, -0.2) is 47.4 Å². The van der Waals surface area contributed by atoms with Gasteiger partial charge in [0, 0.05) is 12.8 Å². The first-order chi connectivity index (χ1) is 36.5. The average molecular weight is 1040 g/mol. The summed E-state index contributed by atoms with van der Waals surface area (Å²) in [5, 5.41) is 23.0. The van der Waals surface area contributed by atoms with Gasteiger partial charge in [-0.2, -0.15) is 0 Å². The number of nitrogens with one attached hydrogen (secondary N) is 1. The molecule has 6 heteroatoms. The molecular formula is C68H127NO5. The molecule has 74 heavy (non-hydrogen) atoms. The van der Waals surface area contributed by atoms with E-state index < -0.39 is 12.1 Å². The van der Waals surface area contributed by atoms with Gasteiger partial charge in [-0.05, 0) is 89.9 Å². The molecule has 0 aromatic heterocycles. The molecular weight excluding hydrogens is 911 g/mol. The van der Waals surface area contributed by atoms with Crippen molar-refractivity contribution in [1.82, 2.24) is 5.32 Å². The number of aliphatic hydroxyl groups is 2. The van der Waals surface area contributed by atoms with Crippen LogP contribution in [0.3, 0.4) is 0 Å². The van der Waals surface area contributed by atoms with E-state index in [2.05, 4.69) is 55.6 Å².